The second-order valence-electron chi connectivity index (χ2n) is 4.84. The summed E-state index contributed by atoms with van der Waals surface area (Å²) in [4.78, 5) is 11.2. The van der Waals surface area contributed by atoms with E-state index in [2.05, 4.69) is 0 Å². The third-order valence-electron chi connectivity index (χ3n) is 3.55. The van der Waals surface area contributed by atoms with Gasteiger partial charge in [-0.3, -0.25) is 4.79 Å². The van der Waals surface area contributed by atoms with E-state index in [1.54, 1.807) is 0 Å². The number of hydrogen-bond donors (Lipinski definition) is 1. The molecule has 1 aliphatic rings. The predicted octanol–water partition coefficient (Wildman–Crippen LogP) is 1.64. The van der Waals surface area contributed by atoms with Gasteiger partial charge >= 0.3 is 0 Å². The Kier molecular flexibility index (Phi) is 4.01. The number of carbonyl (C=O) groups is 1. The van der Waals surface area contributed by atoms with Gasteiger partial charge in [0.2, 0.25) is 0 Å². The van der Waals surface area contributed by atoms with Crippen molar-refractivity contribution in [2.45, 2.75) is 36.0 Å². The maximum atomic E-state index is 12.8. The van der Waals surface area contributed by atoms with Crippen LogP contribution < -0.4 is 5.73 Å². The minimum Gasteiger partial charge on any atom is -0.315 e. The van der Waals surface area contributed by atoms with Crippen LogP contribution in [0.25, 0.3) is 0 Å². The van der Waals surface area contributed by atoms with Crippen LogP contribution in [0.2, 0.25) is 0 Å². The first-order chi connectivity index (χ1) is 8.91. The number of hydrogen-bond acceptors (Lipinski definition) is 4. The molecule has 0 aromatic heterocycles. The van der Waals surface area contributed by atoms with Crippen LogP contribution in [-0.4, -0.2) is 19.6 Å². The van der Waals surface area contributed by atoms with Gasteiger partial charge in [-0.05, 0) is 43.0 Å². The summed E-state index contributed by atoms with van der Waals surface area (Å²) in [7, 11) is -3.67. The van der Waals surface area contributed by atoms with Crippen molar-refractivity contribution < 1.29 is 17.6 Å². The molecular formula is C13H16FNO3S. The van der Waals surface area contributed by atoms with Crippen molar-refractivity contribution in [1.82, 2.24) is 0 Å². The first-order valence-electron chi connectivity index (χ1n) is 6.18. The fraction of sp³-hybridized carbons (Fsp3) is 0.462. The Hall–Kier alpha value is -1.27. The van der Waals surface area contributed by atoms with Gasteiger partial charge in [0.15, 0.2) is 9.84 Å². The van der Waals surface area contributed by atoms with Crippen molar-refractivity contribution >= 4 is 15.6 Å². The molecule has 0 spiro atoms. The zero-order valence-corrected chi connectivity index (χ0v) is 11.2. The summed E-state index contributed by atoms with van der Waals surface area (Å²) in [5, 5.41) is -1.04. The van der Waals surface area contributed by atoms with E-state index >= 15 is 0 Å². The predicted molar refractivity (Wildman–Crippen MR) is 68.5 cm³/mol. The lowest BCUT2D eigenvalue weighted by Gasteiger charge is -2.26. The maximum absolute atomic E-state index is 12.8. The molecule has 0 heterocycles. The minimum atomic E-state index is -3.67. The molecular weight excluding hydrogens is 269 g/mol. The third-order valence-corrected chi connectivity index (χ3v) is 5.58. The van der Waals surface area contributed by atoms with Crippen LogP contribution in [-0.2, 0) is 14.6 Å². The molecule has 1 fully saturated rings. The van der Waals surface area contributed by atoms with Gasteiger partial charge in [-0.15, -0.1) is 0 Å². The van der Waals surface area contributed by atoms with E-state index in [-0.39, 0.29) is 16.6 Å². The van der Waals surface area contributed by atoms with Crippen molar-refractivity contribution in [2.75, 3.05) is 0 Å². The lowest BCUT2D eigenvalue weighted by atomic mass is 9.88. The number of carbonyl (C=O) groups excluding carboxylic acids is 1. The quantitative estimate of drug-likeness (QED) is 0.856. The van der Waals surface area contributed by atoms with Gasteiger partial charge < -0.3 is 5.73 Å². The van der Waals surface area contributed by atoms with Crippen LogP contribution in [0.1, 0.15) is 25.7 Å². The van der Waals surface area contributed by atoms with E-state index in [1.165, 1.54) is 12.1 Å². The summed E-state index contributed by atoms with van der Waals surface area (Å²) in [5.41, 5.74) is 5.85. The van der Waals surface area contributed by atoms with Crippen molar-refractivity contribution in [2.24, 2.45) is 11.7 Å². The van der Waals surface area contributed by atoms with Crippen molar-refractivity contribution in [3.8, 4) is 0 Å². The molecule has 104 valence electrons. The van der Waals surface area contributed by atoms with Gasteiger partial charge in [0.1, 0.15) is 17.0 Å². The molecule has 0 radical (unpaired) electrons. The Balaban J connectivity index is 2.19. The van der Waals surface area contributed by atoms with Gasteiger partial charge in [0.05, 0.1) is 4.90 Å². The lowest BCUT2D eigenvalue weighted by Crippen LogP contribution is -2.40. The fourth-order valence-electron chi connectivity index (χ4n) is 2.33. The molecule has 1 aliphatic carbocycles. The van der Waals surface area contributed by atoms with Gasteiger partial charge in [0.25, 0.3) is 0 Å². The van der Waals surface area contributed by atoms with E-state index in [9.17, 15) is 17.6 Å². The molecule has 1 aromatic carbocycles. The zero-order chi connectivity index (χ0) is 14.0. The van der Waals surface area contributed by atoms with Crippen LogP contribution >= 0.6 is 0 Å². The number of ketones is 1. The molecule has 1 aromatic rings. The second-order valence-corrected chi connectivity index (χ2v) is 6.95. The van der Waals surface area contributed by atoms with Crippen molar-refractivity contribution in [1.29, 1.82) is 0 Å². The molecule has 1 saturated carbocycles. The van der Waals surface area contributed by atoms with Crippen LogP contribution in [0.4, 0.5) is 4.39 Å². The minimum absolute atomic E-state index is 0.0262. The molecule has 0 amide bonds. The number of nitrogens with two attached hydrogens (primary N) is 1. The molecule has 2 N–H and O–H groups in total. The fourth-order valence-corrected chi connectivity index (χ4v) is 3.93. The van der Waals surface area contributed by atoms with E-state index < -0.39 is 21.0 Å². The molecule has 19 heavy (non-hydrogen) atoms. The average molecular weight is 285 g/mol. The van der Waals surface area contributed by atoms with Crippen molar-refractivity contribution in [3.05, 3.63) is 30.1 Å². The maximum Gasteiger partial charge on any atom is 0.194 e. The lowest BCUT2D eigenvalue weighted by molar-refractivity contribution is -0.121. The Bertz CT molecular complexity index is 558. The number of Topliss-reactive ketones (excluding diaryl/α,β-unsaturated/α-hetero) is 1. The summed E-state index contributed by atoms with van der Waals surface area (Å²) < 4.78 is 37.4. The average Bonchev–Trinajstić information content (AvgIpc) is 2.39. The first kappa shape index (κ1) is 14.1. The molecule has 1 atom stereocenters. The normalized spacial score (nSPS) is 19.4. The van der Waals surface area contributed by atoms with Crippen LogP contribution in [0.3, 0.4) is 0 Å². The van der Waals surface area contributed by atoms with E-state index in [1.807, 2.05) is 0 Å². The SMILES string of the molecule is NC(C1CCC(=O)CC1)S(=O)(=O)c1ccc(F)cc1. The molecule has 0 aliphatic heterocycles. The molecule has 6 heteroatoms. The number of benzene rings is 1. The summed E-state index contributed by atoms with van der Waals surface area (Å²) >= 11 is 0. The smallest absolute Gasteiger partial charge is 0.194 e. The molecule has 0 bridgehead atoms. The Morgan fingerprint density at radius 1 is 1.16 bits per heavy atom. The second kappa shape index (κ2) is 5.38. The number of halogens is 1. The largest absolute Gasteiger partial charge is 0.315 e. The standard InChI is InChI=1S/C13H16FNO3S/c14-10-3-7-12(8-4-10)19(17,18)13(15)9-1-5-11(16)6-2-9/h3-4,7-9,13H,1-2,5-6,15H2. The topological polar surface area (TPSA) is 77.2 Å². The Morgan fingerprint density at radius 2 is 1.68 bits per heavy atom. The Morgan fingerprint density at radius 3 is 2.21 bits per heavy atom. The van der Waals surface area contributed by atoms with Crippen LogP contribution in [0.5, 0.6) is 0 Å². The molecule has 0 saturated heterocycles. The van der Waals surface area contributed by atoms with Crippen LogP contribution in [0.15, 0.2) is 29.2 Å². The zero-order valence-electron chi connectivity index (χ0n) is 10.4. The highest BCUT2D eigenvalue weighted by Crippen LogP contribution is 2.28. The van der Waals surface area contributed by atoms with Gasteiger partial charge in [-0.1, -0.05) is 0 Å². The monoisotopic (exact) mass is 285 g/mol. The summed E-state index contributed by atoms with van der Waals surface area (Å²) in [6, 6.07) is 4.64. The van der Waals surface area contributed by atoms with Crippen LogP contribution in [0, 0.1) is 11.7 Å². The Labute approximate surface area is 111 Å². The summed E-state index contributed by atoms with van der Waals surface area (Å²) in [6.07, 6.45) is 1.77. The molecule has 4 nitrogen and oxygen atoms in total. The summed E-state index contributed by atoms with van der Waals surface area (Å²) in [5.74, 6) is -0.550. The van der Waals surface area contributed by atoms with Gasteiger partial charge in [-0.25, -0.2) is 12.8 Å². The highest BCUT2D eigenvalue weighted by atomic mass is 32.2. The van der Waals surface area contributed by atoms with E-state index in [0.717, 1.165) is 12.1 Å². The number of sulfone groups is 1. The highest BCUT2D eigenvalue weighted by molar-refractivity contribution is 7.92. The highest BCUT2D eigenvalue weighted by Gasteiger charge is 2.33. The van der Waals surface area contributed by atoms with Gasteiger partial charge in [0, 0.05) is 12.8 Å². The van der Waals surface area contributed by atoms with Crippen molar-refractivity contribution in [3.63, 3.8) is 0 Å². The number of rotatable bonds is 3. The van der Waals surface area contributed by atoms with E-state index in [4.69, 9.17) is 5.73 Å². The molecule has 1 unspecified atom stereocenters. The van der Waals surface area contributed by atoms with E-state index in [0.29, 0.717) is 25.7 Å². The first-order valence-corrected chi connectivity index (χ1v) is 7.72. The summed E-state index contributed by atoms with van der Waals surface area (Å²) in [6.45, 7) is 0. The molecule has 2 rings (SSSR count). The third kappa shape index (κ3) is 3.01. The van der Waals surface area contributed by atoms with Gasteiger partial charge in [-0.2, -0.15) is 0 Å².